The molecule has 0 saturated carbocycles. The summed E-state index contributed by atoms with van der Waals surface area (Å²) in [6.07, 6.45) is 8.31. The van der Waals surface area contributed by atoms with Gasteiger partial charge in [-0.1, -0.05) is 18.2 Å². The van der Waals surface area contributed by atoms with Crippen molar-refractivity contribution in [1.82, 2.24) is 9.80 Å². The highest BCUT2D eigenvalue weighted by atomic mass is 32.2. The summed E-state index contributed by atoms with van der Waals surface area (Å²) < 4.78 is 0. The number of likely N-dealkylation sites (N-methyl/N-ethyl adjacent to an activating group) is 1. The van der Waals surface area contributed by atoms with E-state index in [9.17, 15) is 19.8 Å². The van der Waals surface area contributed by atoms with E-state index >= 15 is 0 Å². The molecule has 4 atom stereocenters. The van der Waals surface area contributed by atoms with Gasteiger partial charge in [-0.2, -0.15) is 0 Å². The fourth-order valence-electron chi connectivity index (χ4n) is 3.73. The van der Waals surface area contributed by atoms with Gasteiger partial charge >= 0.3 is 0 Å². The molecule has 2 amide bonds. The molecule has 2 N–H and O–H groups in total. The Hall–Kier alpha value is -0.960. The SMILES string of the molecule is CS[C@]1(CO)C(=O)N2C3C(=CC=CC3O)C[C@@]2(SC)C(=O)N1C. The molecule has 0 spiro atoms. The van der Waals surface area contributed by atoms with E-state index in [-0.39, 0.29) is 11.8 Å². The zero-order valence-corrected chi connectivity index (χ0v) is 14.9. The van der Waals surface area contributed by atoms with Gasteiger partial charge in [0, 0.05) is 13.5 Å². The van der Waals surface area contributed by atoms with Crippen molar-refractivity contribution in [2.45, 2.75) is 28.3 Å². The number of aliphatic hydroxyl groups is 2. The van der Waals surface area contributed by atoms with E-state index in [1.807, 2.05) is 6.08 Å². The molecule has 2 aliphatic heterocycles. The van der Waals surface area contributed by atoms with Gasteiger partial charge in [-0.3, -0.25) is 9.59 Å². The lowest BCUT2D eigenvalue weighted by atomic mass is 9.97. The monoisotopic (exact) mass is 356 g/mol. The summed E-state index contributed by atoms with van der Waals surface area (Å²) in [5, 5.41) is 20.3. The van der Waals surface area contributed by atoms with Gasteiger partial charge in [0.2, 0.25) is 0 Å². The number of hydrogen-bond donors (Lipinski definition) is 2. The van der Waals surface area contributed by atoms with Crippen LogP contribution in [0.3, 0.4) is 0 Å². The minimum atomic E-state index is -1.34. The van der Waals surface area contributed by atoms with Gasteiger partial charge in [-0.15, -0.1) is 23.5 Å². The molecular formula is C15H20N2O4S2. The quantitative estimate of drug-likeness (QED) is 0.742. The van der Waals surface area contributed by atoms with Crippen molar-refractivity contribution in [3.8, 4) is 0 Å². The van der Waals surface area contributed by atoms with Crippen molar-refractivity contribution in [2.24, 2.45) is 0 Å². The number of amides is 2. The van der Waals surface area contributed by atoms with Gasteiger partial charge in [0.15, 0.2) is 9.74 Å². The highest BCUT2D eigenvalue weighted by molar-refractivity contribution is 8.01. The Kier molecular flexibility index (Phi) is 4.07. The average Bonchev–Trinajstić information content (AvgIpc) is 2.91. The summed E-state index contributed by atoms with van der Waals surface area (Å²) in [7, 11) is 1.56. The molecule has 0 aromatic carbocycles. The number of allylic oxidation sites excluding steroid dienone is 2. The smallest absolute Gasteiger partial charge is 0.263 e. The van der Waals surface area contributed by atoms with Crippen LogP contribution in [-0.2, 0) is 9.59 Å². The van der Waals surface area contributed by atoms with E-state index in [4.69, 9.17) is 0 Å². The first-order valence-electron chi connectivity index (χ1n) is 7.28. The van der Waals surface area contributed by atoms with Gasteiger partial charge in [0.05, 0.1) is 18.8 Å². The summed E-state index contributed by atoms with van der Waals surface area (Å²) in [4.78, 5) is 26.9. The number of carbonyl (C=O) groups is 2. The number of nitrogens with zero attached hydrogens (tertiary/aromatic N) is 2. The van der Waals surface area contributed by atoms with Crippen LogP contribution >= 0.6 is 23.5 Å². The predicted molar refractivity (Wildman–Crippen MR) is 90.8 cm³/mol. The third-order valence-electron chi connectivity index (χ3n) is 5.06. The molecule has 23 heavy (non-hydrogen) atoms. The fourth-order valence-corrected chi connectivity index (χ4v) is 5.51. The second-order valence-corrected chi connectivity index (χ2v) is 8.08. The van der Waals surface area contributed by atoms with Gasteiger partial charge < -0.3 is 20.0 Å². The molecule has 2 fully saturated rings. The molecule has 2 saturated heterocycles. The van der Waals surface area contributed by atoms with Crippen molar-refractivity contribution in [1.29, 1.82) is 0 Å². The first kappa shape index (κ1) is 16.9. The molecule has 0 bridgehead atoms. The van der Waals surface area contributed by atoms with Crippen LogP contribution in [0.5, 0.6) is 0 Å². The number of carbonyl (C=O) groups excluding carboxylic acids is 2. The highest BCUT2D eigenvalue weighted by Gasteiger charge is 2.67. The Morgan fingerprint density at radius 2 is 2.00 bits per heavy atom. The first-order chi connectivity index (χ1) is 10.9. The molecule has 3 rings (SSSR count). The Morgan fingerprint density at radius 1 is 1.30 bits per heavy atom. The van der Waals surface area contributed by atoms with Crippen LogP contribution in [0.1, 0.15) is 6.42 Å². The zero-order valence-electron chi connectivity index (χ0n) is 13.2. The Balaban J connectivity index is 2.19. The van der Waals surface area contributed by atoms with E-state index in [1.165, 1.54) is 21.6 Å². The molecule has 3 aliphatic rings. The number of thioether (sulfide) groups is 2. The third-order valence-corrected chi connectivity index (χ3v) is 7.50. The maximum atomic E-state index is 13.3. The second-order valence-electron chi connectivity index (χ2n) is 5.91. The van der Waals surface area contributed by atoms with Crippen LogP contribution in [0.15, 0.2) is 23.8 Å². The Morgan fingerprint density at radius 3 is 2.57 bits per heavy atom. The van der Waals surface area contributed by atoms with Crippen molar-refractivity contribution in [3.05, 3.63) is 23.8 Å². The standard InChI is InChI=1S/C15H20N2O4S2/c1-16-12(20)14(22-2)7-9-5-4-6-10(19)11(9)17(14)13(21)15(16,8-18)23-3/h4-6,10-11,18-19H,7-8H2,1-3H3/t10?,11?,14-,15-/m1/s1. The largest absolute Gasteiger partial charge is 0.392 e. The molecule has 6 nitrogen and oxygen atoms in total. The summed E-state index contributed by atoms with van der Waals surface area (Å²) in [6, 6.07) is -0.546. The third kappa shape index (κ3) is 1.92. The van der Waals surface area contributed by atoms with E-state index in [0.717, 1.165) is 17.3 Å². The predicted octanol–water partition coefficient (Wildman–Crippen LogP) is 0.0273. The van der Waals surface area contributed by atoms with Crippen LogP contribution in [0.25, 0.3) is 0 Å². The van der Waals surface area contributed by atoms with Crippen LogP contribution in [0, 0.1) is 0 Å². The lowest BCUT2D eigenvalue weighted by Gasteiger charge is -2.53. The lowest BCUT2D eigenvalue weighted by molar-refractivity contribution is -0.167. The van der Waals surface area contributed by atoms with Crippen LogP contribution in [-0.4, -0.2) is 79.9 Å². The van der Waals surface area contributed by atoms with Crippen LogP contribution in [0.2, 0.25) is 0 Å². The minimum absolute atomic E-state index is 0.212. The zero-order chi connectivity index (χ0) is 17.0. The number of piperazine rings is 1. The average molecular weight is 356 g/mol. The van der Waals surface area contributed by atoms with Crippen molar-refractivity contribution >= 4 is 35.3 Å². The van der Waals surface area contributed by atoms with Gasteiger partial charge in [0.1, 0.15) is 0 Å². The van der Waals surface area contributed by atoms with E-state index in [2.05, 4.69) is 0 Å². The van der Waals surface area contributed by atoms with Crippen LogP contribution in [0.4, 0.5) is 0 Å². The Bertz CT molecular complexity index is 617. The molecule has 0 radical (unpaired) electrons. The molecule has 1 aliphatic carbocycles. The second kappa shape index (κ2) is 5.54. The molecule has 8 heteroatoms. The molecule has 0 aromatic rings. The maximum absolute atomic E-state index is 13.3. The van der Waals surface area contributed by atoms with Gasteiger partial charge in [-0.05, 0) is 18.1 Å². The van der Waals surface area contributed by atoms with Gasteiger partial charge in [-0.25, -0.2) is 0 Å². The number of hydrogen-bond acceptors (Lipinski definition) is 6. The molecule has 2 heterocycles. The van der Waals surface area contributed by atoms with Crippen molar-refractivity contribution < 1.29 is 19.8 Å². The Labute approximate surface area is 143 Å². The lowest BCUT2D eigenvalue weighted by Crippen LogP contribution is -2.74. The molecule has 0 aromatic heterocycles. The number of rotatable bonds is 3. The maximum Gasteiger partial charge on any atom is 0.263 e. The topological polar surface area (TPSA) is 81.1 Å². The van der Waals surface area contributed by atoms with Crippen molar-refractivity contribution in [2.75, 3.05) is 26.2 Å². The van der Waals surface area contributed by atoms with Crippen LogP contribution < -0.4 is 0 Å². The summed E-state index contributed by atoms with van der Waals surface area (Å²) >= 11 is 2.46. The normalized spacial score (nSPS) is 39.4. The van der Waals surface area contributed by atoms with E-state index in [1.54, 1.807) is 31.7 Å². The number of aliphatic hydroxyl groups excluding tert-OH is 2. The van der Waals surface area contributed by atoms with Gasteiger partial charge in [0.25, 0.3) is 11.8 Å². The first-order valence-corrected chi connectivity index (χ1v) is 9.73. The number of fused-ring (bicyclic) bond motifs is 3. The highest BCUT2D eigenvalue weighted by Crippen LogP contribution is 2.53. The summed E-state index contributed by atoms with van der Waals surface area (Å²) in [6.45, 7) is -0.464. The summed E-state index contributed by atoms with van der Waals surface area (Å²) in [5.74, 6) is -0.540. The molecular weight excluding hydrogens is 336 g/mol. The fraction of sp³-hybridized carbons (Fsp3) is 0.600. The molecule has 126 valence electrons. The van der Waals surface area contributed by atoms with E-state index < -0.39 is 28.5 Å². The molecule has 2 unspecified atom stereocenters. The van der Waals surface area contributed by atoms with E-state index in [0.29, 0.717) is 6.42 Å². The van der Waals surface area contributed by atoms with Crippen molar-refractivity contribution in [3.63, 3.8) is 0 Å². The minimum Gasteiger partial charge on any atom is -0.392 e. The summed E-state index contributed by atoms with van der Waals surface area (Å²) in [5.41, 5.74) is 0.874.